The maximum atomic E-state index is 11.1. The highest BCUT2D eigenvalue weighted by atomic mass is 16.5. The van der Waals surface area contributed by atoms with E-state index in [0.717, 1.165) is 30.7 Å². The Labute approximate surface area is 120 Å². The van der Waals surface area contributed by atoms with Crippen molar-refractivity contribution in [2.24, 2.45) is 0 Å². The van der Waals surface area contributed by atoms with Gasteiger partial charge in [0.2, 0.25) is 0 Å². The van der Waals surface area contributed by atoms with Gasteiger partial charge in [-0.05, 0) is 32.4 Å². The highest BCUT2D eigenvalue weighted by Crippen LogP contribution is 2.40. The van der Waals surface area contributed by atoms with Gasteiger partial charge in [0.25, 0.3) is 0 Å². The predicted octanol–water partition coefficient (Wildman–Crippen LogP) is 2.92. The first-order valence-electron chi connectivity index (χ1n) is 7.19. The van der Waals surface area contributed by atoms with Crippen LogP contribution in [0.1, 0.15) is 50.8 Å². The highest BCUT2D eigenvalue weighted by Gasteiger charge is 2.33. The zero-order chi connectivity index (χ0) is 14.8. The van der Waals surface area contributed by atoms with Gasteiger partial charge >= 0.3 is 5.97 Å². The molecule has 1 atom stereocenters. The van der Waals surface area contributed by atoms with Crippen LogP contribution >= 0.6 is 0 Å². The van der Waals surface area contributed by atoms with E-state index in [1.165, 1.54) is 5.56 Å². The van der Waals surface area contributed by atoms with E-state index in [-0.39, 0.29) is 18.1 Å². The number of ether oxygens (including phenoxy) is 1. The summed E-state index contributed by atoms with van der Waals surface area (Å²) in [5, 5.41) is 12.4. The third kappa shape index (κ3) is 3.31. The average Bonchev–Trinajstić information content (AvgIpc) is 2.67. The standard InChI is InChI=1S/C16H23NO3/c1-4-8-17-13(9-14(18)19)12-7-5-6-11-10-16(2,3)20-15(11)12/h5-7,13,17H,4,8-10H2,1-3H3,(H,18,19). The molecule has 0 saturated heterocycles. The molecule has 1 aliphatic heterocycles. The summed E-state index contributed by atoms with van der Waals surface area (Å²) in [4.78, 5) is 11.1. The quantitative estimate of drug-likeness (QED) is 0.839. The predicted molar refractivity (Wildman–Crippen MR) is 78.1 cm³/mol. The average molecular weight is 277 g/mol. The number of nitrogens with one attached hydrogen (secondary N) is 1. The van der Waals surface area contributed by atoms with Crippen molar-refractivity contribution in [2.75, 3.05) is 6.54 Å². The van der Waals surface area contributed by atoms with Crippen LogP contribution in [-0.2, 0) is 11.2 Å². The lowest BCUT2D eigenvalue weighted by Gasteiger charge is -2.22. The van der Waals surface area contributed by atoms with Crippen molar-refractivity contribution in [1.82, 2.24) is 5.32 Å². The third-order valence-electron chi connectivity index (χ3n) is 3.52. The number of hydrogen-bond acceptors (Lipinski definition) is 3. The van der Waals surface area contributed by atoms with Crippen molar-refractivity contribution in [3.63, 3.8) is 0 Å². The molecule has 4 heteroatoms. The summed E-state index contributed by atoms with van der Waals surface area (Å²) < 4.78 is 6.03. The van der Waals surface area contributed by atoms with Crippen molar-refractivity contribution >= 4 is 5.97 Å². The van der Waals surface area contributed by atoms with E-state index in [4.69, 9.17) is 9.84 Å². The lowest BCUT2D eigenvalue weighted by Crippen LogP contribution is -2.27. The molecule has 4 nitrogen and oxygen atoms in total. The van der Waals surface area contributed by atoms with E-state index >= 15 is 0 Å². The Bertz CT molecular complexity index is 496. The number of carbonyl (C=O) groups is 1. The number of fused-ring (bicyclic) bond motifs is 1. The summed E-state index contributed by atoms with van der Waals surface area (Å²) in [6.45, 7) is 6.98. The molecule has 1 aromatic rings. The summed E-state index contributed by atoms with van der Waals surface area (Å²) in [6.07, 6.45) is 1.90. The number of benzene rings is 1. The van der Waals surface area contributed by atoms with Crippen LogP contribution in [0, 0.1) is 0 Å². The van der Waals surface area contributed by atoms with Crippen molar-refractivity contribution < 1.29 is 14.6 Å². The van der Waals surface area contributed by atoms with Crippen molar-refractivity contribution in [3.8, 4) is 5.75 Å². The SMILES string of the molecule is CCCNC(CC(=O)O)c1cccc2c1OC(C)(C)C2. The van der Waals surface area contributed by atoms with E-state index < -0.39 is 5.97 Å². The molecule has 20 heavy (non-hydrogen) atoms. The fourth-order valence-electron chi connectivity index (χ4n) is 2.70. The minimum absolute atomic E-state index is 0.0697. The molecule has 1 aromatic carbocycles. The van der Waals surface area contributed by atoms with Crippen LogP contribution in [0.4, 0.5) is 0 Å². The Balaban J connectivity index is 2.30. The molecule has 0 bridgehead atoms. The fraction of sp³-hybridized carbons (Fsp3) is 0.562. The van der Waals surface area contributed by atoms with Gasteiger partial charge in [0.1, 0.15) is 11.4 Å². The second-order valence-electron chi connectivity index (χ2n) is 5.98. The maximum absolute atomic E-state index is 11.1. The van der Waals surface area contributed by atoms with E-state index in [9.17, 15) is 4.79 Å². The molecule has 0 fully saturated rings. The van der Waals surface area contributed by atoms with E-state index in [2.05, 4.69) is 32.2 Å². The smallest absolute Gasteiger partial charge is 0.305 e. The first kappa shape index (κ1) is 14.9. The first-order valence-corrected chi connectivity index (χ1v) is 7.19. The van der Waals surface area contributed by atoms with Crippen LogP contribution < -0.4 is 10.1 Å². The molecule has 0 aliphatic carbocycles. The molecule has 0 aromatic heterocycles. The normalized spacial score (nSPS) is 17.4. The Morgan fingerprint density at radius 3 is 2.90 bits per heavy atom. The molecule has 0 saturated carbocycles. The number of hydrogen-bond donors (Lipinski definition) is 2. The molecule has 0 spiro atoms. The van der Waals surface area contributed by atoms with Crippen molar-refractivity contribution in [1.29, 1.82) is 0 Å². The molecule has 1 aliphatic rings. The van der Waals surface area contributed by atoms with Crippen LogP contribution in [0.3, 0.4) is 0 Å². The zero-order valence-corrected chi connectivity index (χ0v) is 12.4. The van der Waals surface area contributed by atoms with E-state index in [1.54, 1.807) is 0 Å². The molecular formula is C16H23NO3. The fourth-order valence-corrected chi connectivity index (χ4v) is 2.70. The summed E-state index contributed by atoms with van der Waals surface area (Å²) >= 11 is 0. The lowest BCUT2D eigenvalue weighted by molar-refractivity contribution is -0.137. The van der Waals surface area contributed by atoms with Crippen LogP contribution in [-0.4, -0.2) is 23.2 Å². The van der Waals surface area contributed by atoms with Gasteiger partial charge in [-0.25, -0.2) is 0 Å². The zero-order valence-electron chi connectivity index (χ0n) is 12.4. The number of rotatable bonds is 6. The number of aliphatic carboxylic acids is 1. The summed E-state index contributed by atoms with van der Waals surface area (Å²) in [6, 6.07) is 5.82. The van der Waals surface area contributed by atoms with Gasteiger partial charge in [-0.3, -0.25) is 4.79 Å². The minimum atomic E-state index is -0.798. The molecule has 1 heterocycles. The van der Waals surface area contributed by atoms with Gasteiger partial charge in [-0.15, -0.1) is 0 Å². The van der Waals surface area contributed by atoms with Crippen LogP contribution in [0.5, 0.6) is 5.75 Å². The summed E-state index contributed by atoms with van der Waals surface area (Å²) in [5.41, 5.74) is 1.92. The Morgan fingerprint density at radius 2 is 2.25 bits per heavy atom. The van der Waals surface area contributed by atoms with Gasteiger partial charge in [-0.1, -0.05) is 25.1 Å². The Morgan fingerprint density at radius 1 is 1.50 bits per heavy atom. The second-order valence-corrected chi connectivity index (χ2v) is 5.98. The van der Waals surface area contributed by atoms with Crippen LogP contribution in [0.2, 0.25) is 0 Å². The first-order chi connectivity index (χ1) is 9.43. The molecule has 0 amide bonds. The van der Waals surface area contributed by atoms with Gasteiger partial charge in [0, 0.05) is 18.0 Å². The monoisotopic (exact) mass is 277 g/mol. The largest absolute Gasteiger partial charge is 0.487 e. The van der Waals surface area contributed by atoms with Gasteiger partial charge in [-0.2, -0.15) is 0 Å². The highest BCUT2D eigenvalue weighted by molar-refractivity contribution is 5.68. The topological polar surface area (TPSA) is 58.6 Å². The number of carboxylic acid groups (broad SMARTS) is 1. The molecule has 2 rings (SSSR count). The van der Waals surface area contributed by atoms with Crippen molar-refractivity contribution in [2.45, 2.75) is 51.7 Å². The molecular weight excluding hydrogens is 254 g/mol. The Hall–Kier alpha value is -1.55. The Kier molecular flexibility index (Phi) is 4.33. The van der Waals surface area contributed by atoms with Gasteiger partial charge < -0.3 is 15.2 Å². The summed E-state index contributed by atoms with van der Waals surface area (Å²) in [7, 11) is 0. The molecule has 110 valence electrons. The maximum Gasteiger partial charge on any atom is 0.305 e. The van der Waals surface area contributed by atoms with Gasteiger partial charge in [0.15, 0.2) is 0 Å². The lowest BCUT2D eigenvalue weighted by atomic mass is 9.97. The number of carboxylic acids is 1. The molecule has 2 N–H and O–H groups in total. The van der Waals surface area contributed by atoms with E-state index in [0.29, 0.717) is 0 Å². The van der Waals surface area contributed by atoms with Crippen LogP contribution in [0.15, 0.2) is 18.2 Å². The van der Waals surface area contributed by atoms with Crippen molar-refractivity contribution in [3.05, 3.63) is 29.3 Å². The third-order valence-corrected chi connectivity index (χ3v) is 3.52. The number of para-hydroxylation sites is 1. The minimum Gasteiger partial charge on any atom is -0.487 e. The van der Waals surface area contributed by atoms with Gasteiger partial charge in [0.05, 0.1) is 6.42 Å². The molecule has 1 unspecified atom stereocenters. The second kappa shape index (κ2) is 5.83. The molecule has 0 radical (unpaired) electrons. The van der Waals surface area contributed by atoms with Crippen LogP contribution in [0.25, 0.3) is 0 Å². The van der Waals surface area contributed by atoms with E-state index in [1.807, 2.05) is 12.1 Å². The summed E-state index contributed by atoms with van der Waals surface area (Å²) in [5.74, 6) is 0.0702.